The fourth-order valence-corrected chi connectivity index (χ4v) is 2.04. The fourth-order valence-electron chi connectivity index (χ4n) is 2.04. The first kappa shape index (κ1) is 13.9. The van der Waals surface area contributed by atoms with E-state index < -0.39 is 0 Å². The van der Waals surface area contributed by atoms with Crippen LogP contribution in [0.3, 0.4) is 0 Å². The maximum atomic E-state index is 11.1. The molecule has 4 nitrogen and oxygen atoms in total. The van der Waals surface area contributed by atoms with Gasteiger partial charge in [-0.05, 0) is 37.0 Å². The summed E-state index contributed by atoms with van der Waals surface area (Å²) in [6.07, 6.45) is 4.20. The molecule has 0 radical (unpaired) electrons. The zero-order valence-corrected chi connectivity index (χ0v) is 11.3. The molecule has 0 N–H and O–H groups in total. The van der Waals surface area contributed by atoms with E-state index in [1.54, 1.807) is 0 Å². The molecule has 0 spiro atoms. The molecule has 0 saturated carbocycles. The van der Waals surface area contributed by atoms with Crippen LogP contribution in [0.15, 0.2) is 24.3 Å². The van der Waals surface area contributed by atoms with Gasteiger partial charge in [-0.25, -0.2) is 0 Å². The highest BCUT2D eigenvalue weighted by Crippen LogP contribution is 2.20. The number of hydrogen-bond donors (Lipinski definition) is 0. The normalized spacial score (nSPS) is 18.9. The molecule has 4 heteroatoms. The van der Waals surface area contributed by atoms with Crippen LogP contribution in [-0.2, 0) is 20.7 Å². The minimum atomic E-state index is -0.184. The third kappa shape index (κ3) is 4.56. The molecule has 1 heterocycles. The van der Waals surface area contributed by atoms with E-state index in [2.05, 4.69) is 4.74 Å². The summed E-state index contributed by atoms with van der Waals surface area (Å²) in [5, 5.41) is 0. The highest BCUT2D eigenvalue weighted by molar-refractivity contribution is 5.69. The summed E-state index contributed by atoms with van der Waals surface area (Å²) < 4.78 is 15.9. The van der Waals surface area contributed by atoms with Crippen LogP contribution in [0.1, 0.15) is 31.2 Å². The Morgan fingerprint density at radius 3 is 2.74 bits per heavy atom. The first-order valence-electron chi connectivity index (χ1n) is 6.72. The Morgan fingerprint density at radius 1 is 1.32 bits per heavy atom. The third-order valence-corrected chi connectivity index (χ3v) is 3.17. The summed E-state index contributed by atoms with van der Waals surface area (Å²) in [6, 6.07) is 7.79. The molecule has 1 aliphatic rings. The molecule has 1 fully saturated rings. The molecule has 104 valence electrons. The monoisotopic (exact) mass is 264 g/mol. The Morgan fingerprint density at radius 2 is 2.11 bits per heavy atom. The lowest BCUT2D eigenvalue weighted by Gasteiger charge is -2.23. The smallest absolute Gasteiger partial charge is 0.305 e. The molecule has 0 amide bonds. The van der Waals surface area contributed by atoms with Crippen LogP contribution in [0.25, 0.3) is 0 Å². The van der Waals surface area contributed by atoms with Gasteiger partial charge >= 0.3 is 5.97 Å². The SMILES string of the molecule is COC(=O)CCc1ccc(OC2CCCCO2)cc1. The molecule has 1 aromatic rings. The second kappa shape index (κ2) is 7.14. The van der Waals surface area contributed by atoms with Crippen LogP contribution in [0.2, 0.25) is 0 Å². The summed E-state index contributed by atoms with van der Waals surface area (Å²) in [4.78, 5) is 11.1. The number of hydrogen-bond acceptors (Lipinski definition) is 4. The molecule has 0 bridgehead atoms. The standard InChI is InChI=1S/C15H20O4/c1-17-14(16)10-7-12-5-8-13(9-6-12)19-15-4-2-3-11-18-15/h5-6,8-9,15H,2-4,7,10-11H2,1H3. The molecule has 1 aromatic carbocycles. The number of esters is 1. The van der Waals surface area contributed by atoms with E-state index in [0.29, 0.717) is 12.8 Å². The van der Waals surface area contributed by atoms with Crippen LogP contribution in [0.4, 0.5) is 0 Å². The lowest BCUT2D eigenvalue weighted by molar-refractivity contribution is -0.140. The zero-order valence-electron chi connectivity index (χ0n) is 11.3. The van der Waals surface area contributed by atoms with Crippen molar-refractivity contribution >= 4 is 5.97 Å². The second-order valence-corrected chi connectivity index (χ2v) is 4.63. The molecule has 0 aromatic heterocycles. The summed E-state index contributed by atoms with van der Waals surface area (Å²) in [6.45, 7) is 0.780. The van der Waals surface area contributed by atoms with Gasteiger partial charge in [0.2, 0.25) is 0 Å². The van der Waals surface area contributed by atoms with Crippen LogP contribution in [0, 0.1) is 0 Å². The first-order chi connectivity index (χ1) is 9.28. The number of benzene rings is 1. The molecule has 19 heavy (non-hydrogen) atoms. The molecular formula is C15H20O4. The first-order valence-corrected chi connectivity index (χ1v) is 6.72. The second-order valence-electron chi connectivity index (χ2n) is 4.63. The van der Waals surface area contributed by atoms with Gasteiger partial charge in [-0.15, -0.1) is 0 Å². The van der Waals surface area contributed by atoms with Crippen LogP contribution in [-0.4, -0.2) is 26.0 Å². The van der Waals surface area contributed by atoms with E-state index >= 15 is 0 Å². The number of rotatable bonds is 5. The van der Waals surface area contributed by atoms with Crippen molar-refractivity contribution < 1.29 is 19.0 Å². The van der Waals surface area contributed by atoms with E-state index in [0.717, 1.165) is 37.2 Å². The van der Waals surface area contributed by atoms with E-state index in [1.165, 1.54) is 7.11 Å². The minimum absolute atomic E-state index is 0.116. The average Bonchev–Trinajstić information content (AvgIpc) is 2.47. The quantitative estimate of drug-likeness (QED) is 0.767. The van der Waals surface area contributed by atoms with Crippen LogP contribution in [0.5, 0.6) is 5.75 Å². The number of ether oxygens (including phenoxy) is 3. The maximum absolute atomic E-state index is 11.1. The predicted octanol–water partition coefficient (Wildman–Crippen LogP) is 2.70. The lowest BCUT2D eigenvalue weighted by atomic mass is 10.1. The van der Waals surface area contributed by atoms with Crippen molar-refractivity contribution in [1.82, 2.24) is 0 Å². The summed E-state index contributed by atoms with van der Waals surface area (Å²) in [5.74, 6) is 0.629. The summed E-state index contributed by atoms with van der Waals surface area (Å²) in [7, 11) is 1.41. The Kier molecular flexibility index (Phi) is 5.21. The topological polar surface area (TPSA) is 44.8 Å². The van der Waals surface area contributed by atoms with Crippen molar-refractivity contribution in [3.05, 3.63) is 29.8 Å². The van der Waals surface area contributed by atoms with Crippen LogP contribution >= 0.6 is 0 Å². The predicted molar refractivity (Wildman–Crippen MR) is 71.0 cm³/mol. The number of aryl methyl sites for hydroxylation is 1. The fraction of sp³-hybridized carbons (Fsp3) is 0.533. The highest BCUT2D eigenvalue weighted by Gasteiger charge is 2.14. The van der Waals surface area contributed by atoms with Crippen molar-refractivity contribution in [2.45, 2.75) is 38.4 Å². The Bertz CT molecular complexity index is 393. The maximum Gasteiger partial charge on any atom is 0.305 e. The van der Waals surface area contributed by atoms with Crippen LogP contribution < -0.4 is 4.74 Å². The van der Waals surface area contributed by atoms with Gasteiger partial charge < -0.3 is 14.2 Å². The summed E-state index contributed by atoms with van der Waals surface area (Å²) in [5.41, 5.74) is 1.10. The molecule has 1 unspecified atom stereocenters. The van der Waals surface area contributed by atoms with Gasteiger partial charge in [-0.3, -0.25) is 4.79 Å². The van der Waals surface area contributed by atoms with Gasteiger partial charge in [0, 0.05) is 12.8 Å². The average molecular weight is 264 g/mol. The van der Waals surface area contributed by atoms with Gasteiger partial charge in [-0.2, -0.15) is 0 Å². The van der Waals surface area contributed by atoms with Gasteiger partial charge in [0.05, 0.1) is 13.7 Å². The largest absolute Gasteiger partial charge is 0.469 e. The van der Waals surface area contributed by atoms with Gasteiger partial charge in [0.1, 0.15) is 5.75 Å². The van der Waals surface area contributed by atoms with E-state index in [4.69, 9.17) is 9.47 Å². The highest BCUT2D eigenvalue weighted by atomic mass is 16.7. The number of carbonyl (C=O) groups excluding carboxylic acids is 1. The van der Waals surface area contributed by atoms with Gasteiger partial charge in [0.25, 0.3) is 0 Å². The van der Waals surface area contributed by atoms with Crippen molar-refractivity contribution in [2.24, 2.45) is 0 Å². The molecule has 2 rings (SSSR count). The lowest BCUT2D eigenvalue weighted by Crippen LogP contribution is -2.24. The minimum Gasteiger partial charge on any atom is -0.469 e. The molecule has 1 atom stereocenters. The van der Waals surface area contributed by atoms with Crippen molar-refractivity contribution in [3.8, 4) is 5.75 Å². The van der Waals surface area contributed by atoms with E-state index in [-0.39, 0.29) is 12.3 Å². The van der Waals surface area contributed by atoms with Crippen molar-refractivity contribution in [3.63, 3.8) is 0 Å². The Hall–Kier alpha value is -1.55. The zero-order chi connectivity index (χ0) is 13.5. The Balaban J connectivity index is 1.82. The van der Waals surface area contributed by atoms with E-state index in [1.807, 2.05) is 24.3 Å². The van der Waals surface area contributed by atoms with Crippen molar-refractivity contribution in [1.29, 1.82) is 0 Å². The molecule has 1 saturated heterocycles. The Labute approximate surface area is 113 Å². The van der Waals surface area contributed by atoms with E-state index in [9.17, 15) is 4.79 Å². The number of methoxy groups -OCH3 is 1. The number of carbonyl (C=O) groups is 1. The third-order valence-electron chi connectivity index (χ3n) is 3.17. The van der Waals surface area contributed by atoms with Gasteiger partial charge in [0.15, 0.2) is 6.29 Å². The molecule has 0 aliphatic carbocycles. The van der Waals surface area contributed by atoms with Crippen molar-refractivity contribution in [2.75, 3.05) is 13.7 Å². The molecule has 1 aliphatic heterocycles. The van der Waals surface area contributed by atoms with Gasteiger partial charge in [-0.1, -0.05) is 12.1 Å². The summed E-state index contributed by atoms with van der Waals surface area (Å²) >= 11 is 0. The molecular weight excluding hydrogens is 244 g/mol.